The van der Waals surface area contributed by atoms with E-state index in [1.807, 2.05) is 0 Å². The molecule has 2 N–H and O–H groups in total. The highest BCUT2D eigenvalue weighted by molar-refractivity contribution is 6.46. The highest BCUT2D eigenvalue weighted by Gasteiger charge is 2.49. The topological polar surface area (TPSA) is 87.1 Å². The minimum Gasteiger partial charge on any atom is -0.507 e. The molecule has 7 heteroatoms. The summed E-state index contributed by atoms with van der Waals surface area (Å²) < 4.78 is 5.74. The number of ether oxygens (including phenoxy) is 1. The highest BCUT2D eigenvalue weighted by atomic mass is 35.5. The number of rotatable bonds is 8. The van der Waals surface area contributed by atoms with E-state index < -0.39 is 17.7 Å². The Morgan fingerprint density at radius 1 is 1.09 bits per heavy atom. The maximum absolute atomic E-state index is 13.2. The SMILES string of the molecule is CCCCCOc1ccc(/C(O)=C2/C(=O)C(=O)N(C3CCCC3)C2c2ccc(O)c(Cl)c2)cc1. The largest absolute Gasteiger partial charge is 0.507 e. The van der Waals surface area contributed by atoms with Crippen LogP contribution >= 0.6 is 11.6 Å². The first-order valence-corrected chi connectivity index (χ1v) is 12.3. The summed E-state index contributed by atoms with van der Waals surface area (Å²) in [4.78, 5) is 27.9. The fourth-order valence-corrected chi connectivity index (χ4v) is 5.03. The number of halogens is 1. The van der Waals surface area contributed by atoms with Crippen LogP contribution in [0.15, 0.2) is 48.0 Å². The van der Waals surface area contributed by atoms with Crippen LogP contribution in [0.2, 0.25) is 5.02 Å². The van der Waals surface area contributed by atoms with E-state index in [4.69, 9.17) is 16.3 Å². The standard InChI is InChI=1S/C27H30ClNO5/c1-2-3-6-15-34-20-12-9-17(10-13-20)25(31)23-24(18-11-14-22(30)21(28)16-18)29(27(33)26(23)32)19-7-4-5-8-19/h9-14,16,19,24,30-31H,2-8,15H2,1H3/b25-23-. The smallest absolute Gasteiger partial charge is 0.295 e. The lowest BCUT2D eigenvalue weighted by atomic mass is 9.94. The van der Waals surface area contributed by atoms with Crippen LogP contribution in [0.3, 0.4) is 0 Å². The molecule has 4 rings (SSSR count). The van der Waals surface area contributed by atoms with E-state index in [2.05, 4.69) is 6.92 Å². The molecule has 0 spiro atoms. The number of phenols is 1. The second-order valence-corrected chi connectivity index (χ2v) is 9.34. The van der Waals surface area contributed by atoms with Crippen LogP contribution in [0.1, 0.15) is 69.0 Å². The molecule has 0 bridgehead atoms. The molecule has 1 amide bonds. The van der Waals surface area contributed by atoms with Crippen molar-refractivity contribution >= 4 is 29.1 Å². The van der Waals surface area contributed by atoms with Gasteiger partial charge in [0, 0.05) is 11.6 Å². The number of Topliss-reactive ketones (excluding diaryl/α,β-unsaturated/α-hetero) is 1. The fourth-order valence-electron chi connectivity index (χ4n) is 4.84. The van der Waals surface area contributed by atoms with Crippen LogP contribution in [-0.4, -0.2) is 39.5 Å². The third-order valence-corrected chi connectivity index (χ3v) is 6.93. The van der Waals surface area contributed by atoms with Crippen molar-refractivity contribution in [1.29, 1.82) is 0 Å². The van der Waals surface area contributed by atoms with Gasteiger partial charge in [0.2, 0.25) is 0 Å². The Kier molecular flexibility index (Phi) is 7.47. The van der Waals surface area contributed by atoms with Gasteiger partial charge in [0.05, 0.1) is 23.2 Å². The number of phenolic OH excluding ortho intramolecular Hbond substituents is 1. The van der Waals surface area contributed by atoms with Crippen LogP contribution in [0.4, 0.5) is 0 Å². The number of nitrogens with zero attached hydrogens (tertiary/aromatic N) is 1. The zero-order valence-electron chi connectivity index (χ0n) is 19.3. The molecular formula is C27H30ClNO5. The number of carbonyl (C=O) groups is 2. The molecule has 1 heterocycles. The zero-order chi connectivity index (χ0) is 24.2. The summed E-state index contributed by atoms with van der Waals surface area (Å²) in [5.74, 6) is -0.957. The highest BCUT2D eigenvalue weighted by Crippen LogP contribution is 2.44. The minimum absolute atomic E-state index is 0.0373. The van der Waals surface area contributed by atoms with Gasteiger partial charge in [0.15, 0.2) is 0 Å². The van der Waals surface area contributed by atoms with E-state index in [-0.39, 0.29) is 28.1 Å². The molecule has 1 unspecified atom stereocenters. The average Bonchev–Trinajstić information content (AvgIpc) is 3.45. The Balaban J connectivity index is 1.71. The molecule has 2 aromatic rings. The molecule has 0 aromatic heterocycles. The Hall–Kier alpha value is -2.99. The zero-order valence-corrected chi connectivity index (χ0v) is 20.1. The second-order valence-electron chi connectivity index (χ2n) is 8.94. The third-order valence-electron chi connectivity index (χ3n) is 6.63. The van der Waals surface area contributed by atoms with Crippen molar-refractivity contribution in [2.45, 2.75) is 64.0 Å². The molecule has 0 radical (unpaired) electrons. The fraction of sp³-hybridized carbons (Fsp3) is 0.407. The predicted octanol–water partition coefficient (Wildman–Crippen LogP) is 5.98. The van der Waals surface area contributed by atoms with Crippen LogP contribution in [0.25, 0.3) is 5.76 Å². The lowest BCUT2D eigenvalue weighted by molar-refractivity contribution is -0.141. The normalized spacial score (nSPS) is 20.3. The first kappa shape index (κ1) is 24.1. The van der Waals surface area contributed by atoms with Gasteiger partial charge < -0.3 is 19.8 Å². The first-order valence-electron chi connectivity index (χ1n) is 11.9. The van der Waals surface area contributed by atoms with Crippen molar-refractivity contribution in [1.82, 2.24) is 4.90 Å². The number of unbranched alkanes of at least 4 members (excludes halogenated alkanes) is 2. The number of aliphatic hydroxyl groups is 1. The van der Waals surface area contributed by atoms with Crippen LogP contribution in [0.5, 0.6) is 11.5 Å². The van der Waals surface area contributed by atoms with Gasteiger partial charge >= 0.3 is 0 Å². The molecule has 1 saturated heterocycles. The number of hydrogen-bond donors (Lipinski definition) is 2. The predicted molar refractivity (Wildman–Crippen MR) is 131 cm³/mol. The number of hydrogen-bond acceptors (Lipinski definition) is 5. The molecule has 6 nitrogen and oxygen atoms in total. The molecule has 34 heavy (non-hydrogen) atoms. The van der Waals surface area contributed by atoms with Crippen molar-refractivity contribution in [2.75, 3.05) is 6.61 Å². The van der Waals surface area contributed by atoms with E-state index in [9.17, 15) is 19.8 Å². The number of ketones is 1. The Morgan fingerprint density at radius 2 is 1.79 bits per heavy atom. The van der Waals surface area contributed by atoms with Crippen molar-refractivity contribution in [3.8, 4) is 11.5 Å². The van der Waals surface area contributed by atoms with Gasteiger partial charge in [-0.25, -0.2) is 0 Å². The van der Waals surface area contributed by atoms with Gasteiger partial charge in [0.1, 0.15) is 17.3 Å². The van der Waals surface area contributed by atoms with Crippen molar-refractivity contribution in [3.05, 3.63) is 64.2 Å². The van der Waals surface area contributed by atoms with Crippen LogP contribution in [0, 0.1) is 0 Å². The van der Waals surface area contributed by atoms with Crippen molar-refractivity contribution < 1.29 is 24.5 Å². The van der Waals surface area contributed by atoms with Gasteiger partial charge in [-0.1, -0.05) is 50.3 Å². The number of benzene rings is 2. The van der Waals surface area contributed by atoms with E-state index in [1.165, 1.54) is 6.07 Å². The van der Waals surface area contributed by atoms with Gasteiger partial charge in [-0.3, -0.25) is 9.59 Å². The molecule has 1 atom stereocenters. The summed E-state index contributed by atoms with van der Waals surface area (Å²) in [5.41, 5.74) is 1.04. The number of likely N-dealkylation sites (tertiary alicyclic amines) is 1. The lowest BCUT2D eigenvalue weighted by Gasteiger charge is -2.31. The molecule has 2 aromatic carbocycles. The van der Waals surface area contributed by atoms with Gasteiger partial charge in [-0.05, 0) is 61.2 Å². The lowest BCUT2D eigenvalue weighted by Crippen LogP contribution is -2.37. The summed E-state index contributed by atoms with van der Waals surface area (Å²) >= 11 is 6.16. The Morgan fingerprint density at radius 3 is 2.44 bits per heavy atom. The second kappa shape index (κ2) is 10.5. The van der Waals surface area contributed by atoms with Gasteiger partial charge in [0.25, 0.3) is 11.7 Å². The molecule has 2 aliphatic rings. The number of aromatic hydroxyl groups is 1. The summed E-state index contributed by atoms with van der Waals surface area (Å²) in [6.07, 6.45) is 6.76. The molecule has 1 saturated carbocycles. The van der Waals surface area contributed by atoms with Gasteiger partial charge in [-0.2, -0.15) is 0 Å². The van der Waals surface area contributed by atoms with Crippen molar-refractivity contribution in [3.63, 3.8) is 0 Å². The van der Waals surface area contributed by atoms with Crippen molar-refractivity contribution in [2.24, 2.45) is 0 Å². The number of aliphatic hydroxyl groups excluding tert-OH is 1. The Labute approximate surface area is 204 Å². The van der Waals surface area contributed by atoms with Crippen LogP contribution in [-0.2, 0) is 9.59 Å². The molecular weight excluding hydrogens is 454 g/mol. The third kappa shape index (κ3) is 4.78. The number of amides is 1. The quantitative estimate of drug-likeness (QED) is 0.209. The maximum atomic E-state index is 13.2. The summed E-state index contributed by atoms with van der Waals surface area (Å²) in [6.45, 7) is 2.75. The molecule has 2 fully saturated rings. The monoisotopic (exact) mass is 483 g/mol. The average molecular weight is 484 g/mol. The molecule has 1 aliphatic carbocycles. The van der Waals surface area contributed by atoms with E-state index in [1.54, 1.807) is 41.3 Å². The first-order chi connectivity index (χ1) is 16.4. The minimum atomic E-state index is -0.772. The van der Waals surface area contributed by atoms with Gasteiger partial charge in [-0.15, -0.1) is 0 Å². The maximum Gasteiger partial charge on any atom is 0.295 e. The molecule has 180 valence electrons. The Bertz CT molecular complexity index is 1090. The molecule has 1 aliphatic heterocycles. The van der Waals surface area contributed by atoms with Crippen LogP contribution < -0.4 is 4.74 Å². The summed E-state index contributed by atoms with van der Waals surface area (Å²) in [6, 6.07) is 10.7. The summed E-state index contributed by atoms with van der Waals surface area (Å²) in [7, 11) is 0. The van der Waals surface area contributed by atoms with E-state index >= 15 is 0 Å². The number of carbonyl (C=O) groups excluding carboxylic acids is 2. The summed E-state index contributed by atoms with van der Waals surface area (Å²) in [5, 5.41) is 21.2. The van der Waals surface area contributed by atoms with E-state index in [0.717, 1.165) is 44.9 Å². The van der Waals surface area contributed by atoms with E-state index in [0.29, 0.717) is 23.5 Å².